The van der Waals surface area contributed by atoms with E-state index in [4.69, 9.17) is 0 Å². The molecule has 28 heavy (non-hydrogen) atoms. The Morgan fingerprint density at radius 2 is 1.75 bits per heavy atom. The van der Waals surface area contributed by atoms with Crippen molar-refractivity contribution in [3.05, 3.63) is 78.5 Å². The van der Waals surface area contributed by atoms with Gasteiger partial charge in [-0.15, -0.1) is 0 Å². The summed E-state index contributed by atoms with van der Waals surface area (Å²) in [6, 6.07) is 17.5. The van der Waals surface area contributed by atoms with E-state index in [1.54, 1.807) is 36.4 Å². The van der Waals surface area contributed by atoms with Gasteiger partial charge in [0.2, 0.25) is 0 Å². The third-order valence-electron chi connectivity index (χ3n) is 4.43. The molecule has 7 heteroatoms. The van der Waals surface area contributed by atoms with E-state index in [1.807, 2.05) is 24.3 Å². The van der Waals surface area contributed by atoms with Crippen molar-refractivity contribution in [3.63, 3.8) is 0 Å². The maximum Gasteiger partial charge on any atom is 0.330 e. The molecule has 0 radical (unpaired) electrons. The van der Waals surface area contributed by atoms with E-state index >= 15 is 0 Å². The van der Waals surface area contributed by atoms with Crippen molar-refractivity contribution in [2.75, 3.05) is 7.11 Å². The van der Waals surface area contributed by atoms with Gasteiger partial charge >= 0.3 is 5.97 Å². The molecule has 0 saturated carbocycles. The first-order chi connectivity index (χ1) is 13.5. The average molecular weight is 392 g/mol. The van der Waals surface area contributed by atoms with Crippen LogP contribution in [0.15, 0.2) is 78.0 Å². The van der Waals surface area contributed by atoms with Crippen LogP contribution in [-0.4, -0.2) is 30.5 Å². The highest BCUT2D eigenvalue weighted by Gasteiger charge is 2.25. The third kappa shape index (κ3) is 2.86. The standard InChI is InChI=1S/C21H16N2O4S/c1-27-20(24)13-12-15-7-6-9-17-16-8-2-3-10-18(16)23(21(15)17)28(25,26)19-11-4-5-14-22-19/h2-14H,1H3/b13-12+. The number of para-hydroxylation sites is 2. The Morgan fingerprint density at radius 1 is 1.00 bits per heavy atom. The number of benzene rings is 2. The van der Waals surface area contributed by atoms with E-state index in [9.17, 15) is 13.2 Å². The van der Waals surface area contributed by atoms with Crippen LogP contribution >= 0.6 is 0 Å². The third-order valence-corrected chi connectivity index (χ3v) is 6.06. The van der Waals surface area contributed by atoms with Crippen LogP contribution in [0.2, 0.25) is 0 Å². The van der Waals surface area contributed by atoms with Crippen LogP contribution in [0.4, 0.5) is 0 Å². The molecule has 0 aliphatic heterocycles. The fourth-order valence-corrected chi connectivity index (χ4v) is 4.70. The van der Waals surface area contributed by atoms with Crippen LogP contribution in [0.5, 0.6) is 0 Å². The van der Waals surface area contributed by atoms with Crippen molar-refractivity contribution in [2.45, 2.75) is 5.03 Å². The van der Waals surface area contributed by atoms with Gasteiger partial charge < -0.3 is 4.74 Å². The molecule has 0 atom stereocenters. The lowest BCUT2D eigenvalue weighted by molar-refractivity contribution is -0.134. The fraction of sp³-hybridized carbons (Fsp3) is 0.0476. The number of esters is 1. The minimum Gasteiger partial charge on any atom is -0.466 e. The van der Waals surface area contributed by atoms with Crippen molar-refractivity contribution in [3.8, 4) is 0 Å². The van der Waals surface area contributed by atoms with Gasteiger partial charge in [-0.3, -0.25) is 0 Å². The Labute approximate surface area is 161 Å². The van der Waals surface area contributed by atoms with Gasteiger partial charge in [-0.1, -0.05) is 42.5 Å². The summed E-state index contributed by atoms with van der Waals surface area (Å²) in [5.41, 5.74) is 1.61. The van der Waals surface area contributed by atoms with E-state index in [1.165, 1.54) is 29.4 Å². The molecule has 0 N–H and O–H groups in total. The van der Waals surface area contributed by atoms with Crippen LogP contribution in [0.1, 0.15) is 5.56 Å². The maximum absolute atomic E-state index is 13.5. The molecule has 4 aromatic rings. The maximum atomic E-state index is 13.5. The molecule has 2 aromatic carbocycles. The number of aromatic nitrogens is 2. The van der Waals surface area contributed by atoms with Gasteiger partial charge in [0.05, 0.1) is 18.1 Å². The zero-order valence-corrected chi connectivity index (χ0v) is 15.8. The second-order valence-electron chi connectivity index (χ2n) is 6.05. The Bertz CT molecular complexity index is 1320. The predicted octanol–water partition coefficient (Wildman–Crippen LogP) is 3.61. The largest absolute Gasteiger partial charge is 0.466 e. The van der Waals surface area contributed by atoms with Crippen molar-refractivity contribution >= 4 is 43.9 Å². The molecule has 140 valence electrons. The highest BCUT2D eigenvalue weighted by molar-refractivity contribution is 7.90. The van der Waals surface area contributed by atoms with E-state index in [-0.39, 0.29) is 5.03 Å². The molecule has 0 spiro atoms. The number of carbonyl (C=O) groups is 1. The number of nitrogens with zero attached hydrogens (tertiary/aromatic N) is 2. The molecule has 0 amide bonds. The zero-order valence-electron chi connectivity index (χ0n) is 14.9. The number of hydrogen-bond donors (Lipinski definition) is 0. The molecule has 0 fully saturated rings. The lowest BCUT2D eigenvalue weighted by atomic mass is 10.1. The smallest absolute Gasteiger partial charge is 0.330 e. The molecule has 0 unspecified atom stereocenters. The summed E-state index contributed by atoms with van der Waals surface area (Å²) < 4.78 is 32.8. The van der Waals surface area contributed by atoms with Crippen LogP contribution in [0.3, 0.4) is 0 Å². The van der Waals surface area contributed by atoms with E-state index in [2.05, 4.69) is 9.72 Å². The van der Waals surface area contributed by atoms with E-state index < -0.39 is 16.0 Å². The summed E-state index contributed by atoms with van der Waals surface area (Å²) in [7, 11) is -2.67. The Morgan fingerprint density at radius 3 is 2.50 bits per heavy atom. The van der Waals surface area contributed by atoms with Crippen LogP contribution in [0, 0.1) is 0 Å². The minimum absolute atomic E-state index is 0.0515. The molecule has 0 aliphatic carbocycles. The van der Waals surface area contributed by atoms with Gasteiger partial charge in [0, 0.05) is 28.6 Å². The highest BCUT2D eigenvalue weighted by atomic mass is 32.2. The van der Waals surface area contributed by atoms with Gasteiger partial charge in [-0.2, -0.15) is 8.42 Å². The average Bonchev–Trinajstić information content (AvgIpc) is 3.08. The van der Waals surface area contributed by atoms with Crippen molar-refractivity contribution in [1.29, 1.82) is 0 Å². The molecule has 0 aliphatic rings. The topological polar surface area (TPSA) is 78.3 Å². The molecule has 2 aromatic heterocycles. The summed E-state index contributed by atoms with van der Waals surface area (Å²) in [5.74, 6) is -0.521. The lowest BCUT2D eigenvalue weighted by Crippen LogP contribution is -2.14. The normalized spacial score (nSPS) is 12.0. The van der Waals surface area contributed by atoms with Crippen molar-refractivity contribution < 1.29 is 17.9 Å². The quantitative estimate of drug-likeness (QED) is 0.392. The highest BCUT2D eigenvalue weighted by Crippen LogP contribution is 2.34. The SMILES string of the molecule is COC(=O)/C=C/c1cccc2c3ccccc3n(S(=O)(=O)c3ccccn3)c12. The first-order valence-electron chi connectivity index (χ1n) is 8.49. The second kappa shape index (κ2) is 6.94. The number of ether oxygens (including phenoxy) is 1. The summed E-state index contributed by atoms with van der Waals surface area (Å²) in [6.07, 6.45) is 4.26. The predicted molar refractivity (Wildman–Crippen MR) is 107 cm³/mol. The molecule has 4 rings (SSSR count). The van der Waals surface area contributed by atoms with Crippen LogP contribution in [-0.2, 0) is 19.6 Å². The fourth-order valence-electron chi connectivity index (χ4n) is 3.21. The van der Waals surface area contributed by atoms with Gasteiger partial charge in [0.1, 0.15) is 0 Å². The number of pyridine rings is 1. The number of hydrogen-bond acceptors (Lipinski definition) is 5. The van der Waals surface area contributed by atoms with Gasteiger partial charge in [0.25, 0.3) is 10.0 Å². The van der Waals surface area contributed by atoms with Crippen LogP contribution in [0.25, 0.3) is 27.9 Å². The van der Waals surface area contributed by atoms with E-state index in [0.717, 1.165) is 10.8 Å². The summed E-state index contributed by atoms with van der Waals surface area (Å²) in [4.78, 5) is 15.6. The first-order valence-corrected chi connectivity index (χ1v) is 9.93. The van der Waals surface area contributed by atoms with Crippen molar-refractivity contribution in [1.82, 2.24) is 8.96 Å². The molecule has 2 heterocycles. The first kappa shape index (κ1) is 17.9. The van der Waals surface area contributed by atoms with Gasteiger partial charge in [-0.25, -0.2) is 13.8 Å². The summed E-state index contributed by atoms with van der Waals surface area (Å²) >= 11 is 0. The molecular weight excluding hydrogens is 376 g/mol. The molecule has 0 bridgehead atoms. The second-order valence-corrected chi connectivity index (χ2v) is 7.79. The molecule has 6 nitrogen and oxygen atoms in total. The minimum atomic E-state index is -3.96. The molecular formula is C21H16N2O4S. The Hall–Kier alpha value is -3.45. The molecule has 0 saturated heterocycles. The Kier molecular flexibility index (Phi) is 4.44. The monoisotopic (exact) mass is 392 g/mol. The van der Waals surface area contributed by atoms with Crippen molar-refractivity contribution in [2.24, 2.45) is 0 Å². The Balaban J connectivity index is 2.12. The number of rotatable bonds is 4. The van der Waals surface area contributed by atoms with Gasteiger partial charge in [0.15, 0.2) is 5.03 Å². The zero-order chi connectivity index (χ0) is 19.7. The van der Waals surface area contributed by atoms with E-state index in [0.29, 0.717) is 16.6 Å². The summed E-state index contributed by atoms with van der Waals surface area (Å²) in [5, 5.41) is 1.51. The lowest BCUT2D eigenvalue weighted by Gasteiger charge is -2.10. The number of methoxy groups -OCH3 is 1. The van der Waals surface area contributed by atoms with Crippen LogP contribution < -0.4 is 0 Å². The van der Waals surface area contributed by atoms with Gasteiger partial charge in [-0.05, 0) is 24.3 Å². The number of fused-ring (bicyclic) bond motifs is 3. The number of carbonyl (C=O) groups excluding carboxylic acids is 1. The summed E-state index contributed by atoms with van der Waals surface area (Å²) in [6.45, 7) is 0.